The summed E-state index contributed by atoms with van der Waals surface area (Å²) in [6.45, 7) is 2.50. The Labute approximate surface area is 164 Å². The first-order chi connectivity index (χ1) is 13.6. The highest BCUT2D eigenvalue weighted by atomic mass is 32.2. The van der Waals surface area contributed by atoms with Gasteiger partial charge in [0.05, 0.1) is 16.6 Å². The summed E-state index contributed by atoms with van der Waals surface area (Å²) < 4.78 is 28.7. The van der Waals surface area contributed by atoms with Crippen LogP contribution >= 0.6 is 0 Å². The molecule has 0 saturated carbocycles. The van der Waals surface area contributed by atoms with Crippen molar-refractivity contribution in [2.24, 2.45) is 0 Å². The van der Waals surface area contributed by atoms with Gasteiger partial charge in [0.2, 0.25) is 6.79 Å². The number of benzene rings is 2. The lowest BCUT2D eigenvalue weighted by molar-refractivity contribution is 0.0921. The average molecular weight is 397 g/mol. The van der Waals surface area contributed by atoms with Crippen LogP contribution in [0.15, 0.2) is 63.9 Å². The van der Waals surface area contributed by atoms with E-state index in [1.54, 1.807) is 12.1 Å². The van der Waals surface area contributed by atoms with Gasteiger partial charge in [-0.15, -0.1) is 0 Å². The van der Waals surface area contributed by atoms with Crippen molar-refractivity contribution in [1.29, 1.82) is 0 Å². The van der Waals surface area contributed by atoms with E-state index in [1.165, 1.54) is 0 Å². The SMILES string of the molecule is Cc1cccc(S(=O)Cc2ccc(C(=O)NCc3ccc4c(c3)OCO4)o2)c1. The molecule has 2 heterocycles. The molecule has 0 fully saturated rings. The number of ether oxygens (including phenoxy) is 2. The van der Waals surface area contributed by atoms with Gasteiger partial charge in [-0.1, -0.05) is 18.2 Å². The largest absolute Gasteiger partial charge is 0.455 e. The molecule has 0 aliphatic carbocycles. The standard InChI is InChI=1S/C21H19NO5S/c1-14-3-2-4-17(9-14)28(24)12-16-6-8-19(27-16)21(23)22-11-15-5-7-18-20(10-15)26-13-25-18/h2-10H,11-13H2,1H3,(H,22,23). The monoisotopic (exact) mass is 397 g/mol. The van der Waals surface area contributed by atoms with E-state index in [0.717, 1.165) is 16.0 Å². The first-order valence-corrected chi connectivity index (χ1v) is 10.1. The van der Waals surface area contributed by atoms with Gasteiger partial charge in [-0.25, -0.2) is 0 Å². The molecular weight excluding hydrogens is 378 g/mol. The van der Waals surface area contributed by atoms with Crippen molar-refractivity contribution in [3.63, 3.8) is 0 Å². The molecule has 7 heteroatoms. The van der Waals surface area contributed by atoms with E-state index in [2.05, 4.69) is 5.32 Å². The molecule has 1 atom stereocenters. The predicted molar refractivity (Wildman–Crippen MR) is 104 cm³/mol. The molecule has 28 heavy (non-hydrogen) atoms. The van der Waals surface area contributed by atoms with Crippen LogP contribution in [0.4, 0.5) is 0 Å². The van der Waals surface area contributed by atoms with E-state index < -0.39 is 10.8 Å². The quantitative estimate of drug-likeness (QED) is 0.688. The van der Waals surface area contributed by atoms with Gasteiger partial charge >= 0.3 is 0 Å². The third kappa shape index (κ3) is 4.09. The van der Waals surface area contributed by atoms with Gasteiger partial charge in [0.15, 0.2) is 17.3 Å². The van der Waals surface area contributed by atoms with Crippen LogP contribution in [0.25, 0.3) is 0 Å². The first-order valence-electron chi connectivity index (χ1n) is 8.79. The molecule has 3 aromatic rings. The molecule has 0 radical (unpaired) electrons. The zero-order valence-electron chi connectivity index (χ0n) is 15.3. The van der Waals surface area contributed by atoms with Crippen LogP contribution in [0.2, 0.25) is 0 Å². The summed E-state index contributed by atoms with van der Waals surface area (Å²) in [6.07, 6.45) is 0. The van der Waals surface area contributed by atoms with E-state index in [0.29, 0.717) is 23.8 Å². The highest BCUT2D eigenvalue weighted by molar-refractivity contribution is 7.84. The highest BCUT2D eigenvalue weighted by Crippen LogP contribution is 2.32. The van der Waals surface area contributed by atoms with Gasteiger partial charge in [0.1, 0.15) is 5.76 Å². The summed E-state index contributed by atoms with van der Waals surface area (Å²) in [5.41, 5.74) is 1.94. The molecule has 2 aromatic carbocycles. The Balaban J connectivity index is 1.35. The second-order valence-corrected chi connectivity index (χ2v) is 7.89. The number of hydrogen-bond donors (Lipinski definition) is 1. The van der Waals surface area contributed by atoms with E-state index >= 15 is 0 Å². The predicted octanol–water partition coefficient (Wildman–Crippen LogP) is 3.55. The zero-order valence-corrected chi connectivity index (χ0v) is 16.1. The summed E-state index contributed by atoms with van der Waals surface area (Å²) in [6, 6.07) is 16.3. The maximum Gasteiger partial charge on any atom is 0.287 e. The molecule has 0 spiro atoms. The van der Waals surface area contributed by atoms with Gasteiger partial charge in [-0.2, -0.15) is 0 Å². The molecule has 1 aliphatic heterocycles. The normalized spacial score (nSPS) is 13.3. The van der Waals surface area contributed by atoms with Gasteiger partial charge in [0.25, 0.3) is 5.91 Å². The van der Waals surface area contributed by atoms with Crippen LogP contribution in [0.5, 0.6) is 11.5 Å². The Morgan fingerprint density at radius 2 is 1.93 bits per heavy atom. The zero-order chi connectivity index (χ0) is 19.5. The summed E-state index contributed by atoms with van der Waals surface area (Å²) >= 11 is 0. The van der Waals surface area contributed by atoms with Crippen molar-refractivity contribution in [3.8, 4) is 11.5 Å². The first kappa shape index (κ1) is 18.3. The molecular formula is C21H19NO5S. The Hall–Kier alpha value is -3.06. The van der Waals surface area contributed by atoms with Crippen LogP contribution in [0.3, 0.4) is 0 Å². The Bertz CT molecular complexity index is 1040. The molecule has 1 N–H and O–H groups in total. The topological polar surface area (TPSA) is 77.8 Å². The number of fused-ring (bicyclic) bond motifs is 1. The molecule has 6 nitrogen and oxygen atoms in total. The number of nitrogens with one attached hydrogen (secondary N) is 1. The van der Waals surface area contributed by atoms with E-state index in [9.17, 15) is 9.00 Å². The van der Waals surface area contributed by atoms with Crippen molar-refractivity contribution in [2.45, 2.75) is 24.1 Å². The van der Waals surface area contributed by atoms with Crippen LogP contribution in [-0.2, 0) is 23.1 Å². The third-order valence-electron chi connectivity index (χ3n) is 4.30. The number of amides is 1. The van der Waals surface area contributed by atoms with E-state index in [-0.39, 0.29) is 24.2 Å². The van der Waals surface area contributed by atoms with Gasteiger partial charge < -0.3 is 19.2 Å². The number of hydrogen-bond acceptors (Lipinski definition) is 5. The molecule has 4 rings (SSSR count). The summed E-state index contributed by atoms with van der Waals surface area (Å²) in [5, 5.41) is 2.81. The van der Waals surface area contributed by atoms with Gasteiger partial charge in [0, 0.05) is 11.4 Å². The lowest BCUT2D eigenvalue weighted by Gasteiger charge is -2.05. The maximum absolute atomic E-state index is 12.5. The maximum atomic E-state index is 12.5. The van der Waals surface area contributed by atoms with Crippen molar-refractivity contribution in [1.82, 2.24) is 5.32 Å². The molecule has 0 bridgehead atoms. The Morgan fingerprint density at radius 1 is 1.07 bits per heavy atom. The number of rotatable bonds is 6. The molecule has 1 amide bonds. The van der Waals surface area contributed by atoms with Gasteiger partial charge in [-0.3, -0.25) is 9.00 Å². The van der Waals surface area contributed by atoms with Crippen LogP contribution in [-0.4, -0.2) is 16.9 Å². The van der Waals surface area contributed by atoms with E-state index in [4.69, 9.17) is 13.9 Å². The summed E-state index contributed by atoms with van der Waals surface area (Å²) in [5.74, 6) is 1.96. The minimum atomic E-state index is -1.23. The summed E-state index contributed by atoms with van der Waals surface area (Å²) in [7, 11) is -1.23. The van der Waals surface area contributed by atoms with Crippen molar-refractivity contribution in [3.05, 3.63) is 77.2 Å². The molecule has 1 aromatic heterocycles. The Kier molecular flexibility index (Phi) is 5.16. The fourth-order valence-electron chi connectivity index (χ4n) is 2.87. The number of carbonyl (C=O) groups is 1. The number of furan rings is 1. The van der Waals surface area contributed by atoms with Crippen LogP contribution in [0, 0.1) is 6.92 Å². The lowest BCUT2D eigenvalue weighted by atomic mass is 10.2. The molecule has 1 aliphatic rings. The van der Waals surface area contributed by atoms with E-state index in [1.807, 2.05) is 49.4 Å². The Morgan fingerprint density at radius 3 is 2.79 bits per heavy atom. The fourth-order valence-corrected chi connectivity index (χ4v) is 4.00. The third-order valence-corrected chi connectivity index (χ3v) is 5.63. The summed E-state index contributed by atoms with van der Waals surface area (Å²) in [4.78, 5) is 13.1. The molecule has 0 saturated heterocycles. The molecule has 144 valence electrons. The smallest absolute Gasteiger partial charge is 0.287 e. The number of aryl methyl sites for hydroxylation is 1. The fraction of sp³-hybridized carbons (Fsp3) is 0.190. The van der Waals surface area contributed by atoms with Crippen molar-refractivity contribution >= 4 is 16.7 Å². The number of carbonyl (C=O) groups excluding carboxylic acids is 1. The minimum Gasteiger partial charge on any atom is -0.455 e. The van der Waals surface area contributed by atoms with Crippen molar-refractivity contribution in [2.75, 3.05) is 6.79 Å². The van der Waals surface area contributed by atoms with Gasteiger partial charge in [-0.05, 0) is 54.4 Å². The average Bonchev–Trinajstić information content (AvgIpc) is 3.35. The molecule has 1 unspecified atom stereocenters. The lowest BCUT2D eigenvalue weighted by Crippen LogP contribution is -2.22. The minimum absolute atomic E-state index is 0.192. The van der Waals surface area contributed by atoms with Crippen LogP contribution < -0.4 is 14.8 Å². The highest BCUT2D eigenvalue weighted by Gasteiger charge is 2.16. The second-order valence-electron chi connectivity index (χ2n) is 6.44. The van der Waals surface area contributed by atoms with Crippen molar-refractivity contribution < 1.29 is 22.9 Å². The second kappa shape index (κ2) is 7.90. The van der Waals surface area contributed by atoms with Crippen LogP contribution in [0.1, 0.15) is 27.4 Å².